The molecule has 0 aromatic carbocycles. The summed E-state index contributed by atoms with van der Waals surface area (Å²) >= 11 is 0. The Morgan fingerprint density at radius 1 is 1.05 bits per heavy atom. The summed E-state index contributed by atoms with van der Waals surface area (Å²) in [5.41, 5.74) is 0. The molecule has 0 aliphatic heterocycles. The van der Waals surface area contributed by atoms with Gasteiger partial charge in [-0.05, 0) is 18.1 Å². The largest absolute Gasteiger partial charge is 0.413 e. The van der Waals surface area contributed by atoms with E-state index < -0.39 is 8.32 Å². The van der Waals surface area contributed by atoms with E-state index >= 15 is 0 Å². The van der Waals surface area contributed by atoms with Gasteiger partial charge in [0, 0.05) is 25.1 Å². The predicted molar refractivity (Wildman–Crippen MR) is 89.4 cm³/mol. The Morgan fingerprint density at radius 2 is 1.57 bits per heavy atom. The summed E-state index contributed by atoms with van der Waals surface area (Å²) in [5, 5.41) is 0. The number of hydrogen-bond donors (Lipinski definition) is 0. The van der Waals surface area contributed by atoms with Gasteiger partial charge in [0.1, 0.15) is 6.29 Å². The number of carbonyl (C=O) groups is 2. The van der Waals surface area contributed by atoms with E-state index in [-0.39, 0.29) is 17.9 Å². The maximum absolute atomic E-state index is 11.2. The fourth-order valence-corrected chi connectivity index (χ4v) is 5.48. The SMILES string of the molecule is CC[Si](CC)(CC)O[C@H]([C@H](C)/C=C\N(C)C=O)[C@@H](C)C=O. The van der Waals surface area contributed by atoms with Crippen LogP contribution in [0.25, 0.3) is 0 Å². The van der Waals surface area contributed by atoms with Crippen LogP contribution >= 0.6 is 0 Å². The van der Waals surface area contributed by atoms with Crippen molar-refractivity contribution < 1.29 is 14.0 Å². The normalized spacial score (nSPS) is 16.5. The van der Waals surface area contributed by atoms with Gasteiger partial charge in [-0.25, -0.2) is 0 Å². The summed E-state index contributed by atoms with van der Waals surface area (Å²) in [6.07, 6.45) is 5.28. The highest BCUT2D eigenvalue weighted by Gasteiger charge is 2.35. The number of rotatable bonds is 11. The monoisotopic (exact) mass is 313 g/mol. The summed E-state index contributed by atoms with van der Waals surface area (Å²) in [4.78, 5) is 23.3. The molecule has 1 amide bonds. The molecule has 0 aromatic heterocycles. The number of carbonyl (C=O) groups excluding carboxylic acids is 2. The van der Waals surface area contributed by atoms with Gasteiger partial charge in [0.2, 0.25) is 6.41 Å². The van der Waals surface area contributed by atoms with Gasteiger partial charge in [0.05, 0.1) is 6.10 Å². The van der Waals surface area contributed by atoms with Crippen molar-refractivity contribution in [2.24, 2.45) is 11.8 Å². The highest BCUT2D eigenvalue weighted by molar-refractivity contribution is 6.73. The van der Waals surface area contributed by atoms with Crippen molar-refractivity contribution in [2.75, 3.05) is 7.05 Å². The smallest absolute Gasteiger partial charge is 0.213 e. The summed E-state index contributed by atoms with van der Waals surface area (Å²) in [7, 11) is -0.0699. The van der Waals surface area contributed by atoms with E-state index in [9.17, 15) is 9.59 Å². The molecule has 0 radical (unpaired) electrons. The molecule has 0 heterocycles. The van der Waals surface area contributed by atoms with Crippen LogP contribution in [0.2, 0.25) is 18.1 Å². The molecule has 122 valence electrons. The third-order valence-electron chi connectivity index (χ3n) is 4.36. The Hall–Kier alpha value is -0.943. The molecule has 0 unspecified atom stereocenters. The van der Waals surface area contributed by atoms with Gasteiger partial charge in [-0.1, -0.05) is 40.7 Å². The highest BCUT2D eigenvalue weighted by Crippen LogP contribution is 2.29. The van der Waals surface area contributed by atoms with Crippen molar-refractivity contribution in [3.05, 3.63) is 12.3 Å². The van der Waals surface area contributed by atoms with Gasteiger partial charge >= 0.3 is 0 Å². The van der Waals surface area contributed by atoms with Crippen LogP contribution in [0.1, 0.15) is 34.6 Å². The number of hydrogen-bond acceptors (Lipinski definition) is 3. The standard InChI is InChI=1S/C16H31NO3Si/c1-7-21(8-2,9-3)20-16(15(5)12-18)14(4)10-11-17(6)13-19/h10-16H,7-9H2,1-6H3/b11-10-/t14-,15+,16-/m1/s1. The molecule has 0 N–H and O–H groups in total. The van der Waals surface area contributed by atoms with Crippen molar-refractivity contribution in [1.82, 2.24) is 4.90 Å². The third kappa shape index (κ3) is 6.14. The minimum absolute atomic E-state index is 0.0872. The second-order valence-electron chi connectivity index (χ2n) is 5.79. The molecule has 0 bridgehead atoms. The van der Waals surface area contributed by atoms with Crippen LogP contribution in [0.5, 0.6) is 0 Å². The Labute approximate surface area is 130 Å². The Bertz CT molecular complexity index is 334. The molecule has 0 saturated carbocycles. The van der Waals surface area contributed by atoms with Crippen LogP contribution in [0.15, 0.2) is 12.3 Å². The summed E-state index contributed by atoms with van der Waals surface area (Å²) in [5.74, 6) is -0.0631. The van der Waals surface area contributed by atoms with E-state index in [4.69, 9.17) is 4.43 Å². The van der Waals surface area contributed by atoms with Crippen molar-refractivity contribution >= 4 is 21.0 Å². The van der Waals surface area contributed by atoms with E-state index in [1.807, 2.05) is 19.9 Å². The lowest BCUT2D eigenvalue weighted by Crippen LogP contribution is -2.44. The second kappa shape index (κ2) is 9.90. The van der Waals surface area contributed by atoms with Gasteiger partial charge in [0.15, 0.2) is 8.32 Å². The van der Waals surface area contributed by atoms with Gasteiger partial charge < -0.3 is 14.1 Å². The van der Waals surface area contributed by atoms with Gasteiger partial charge in [-0.3, -0.25) is 4.79 Å². The molecular weight excluding hydrogens is 282 g/mol. The molecule has 0 aliphatic carbocycles. The van der Waals surface area contributed by atoms with E-state index in [1.165, 1.54) is 4.90 Å². The summed E-state index contributed by atoms with van der Waals surface area (Å²) in [6, 6.07) is 3.19. The molecule has 4 nitrogen and oxygen atoms in total. The van der Waals surface area contributed by atoms with E-state index in [2.05, 4.69) is 20.8 Å². The topological polar surface area (TPSA) is 46.6 Å². The van der Waals surface area contributed by atoms with E-state index in [0.717, 1.165) is 30.8 Å². The predicted octanol–water partition coefficient (Wildman–Crippen LogP) is 3.45. The molecule has 0 aromatic rings. The maximum Gasteiger partial charge on any atom is 0.213 e. The Balaban J connectivity index is 5.15. The molecular formula is C16H31NO3Si. The van der Waals surface area contributed by atoms with Crippen molar-refractivity contribution in [3.8, 4) is 0 Å². The van der Waals surface area contributed by atoms with Crippen LogP contribution in [0.3, 0.4) is 0 Å². The average Bonchev–Trinajstić information content (AvgIpc) is 2.53. The minimum Gasteiger partial charge on any atom is -0.413 e. The summed E-state index contributed by atoms with van der Waals surface area (Å²) < 4.78 is 6.52. The number of aldehydes is 1. The first-order valence-corrected chi connectivity index (χ1v) is 10.4. The van der Waals surface area contributed by atoms with E-state index in [0.29, 0.717) is 0 Å². The molecule has 21 heavy (non-hydrogen) atoms. The Morgan fingerprint density at radius 3 is 1.95 bits per heavy atom. The number of nitrogens with zero attached hydrogens (tertiary/aromatic N) is 1. The molecule has 3 atom stereocenters. The van der Waals surface area contributed by atoms with Crippen LogP contribution < -0.4 is 0 Å². The minimum atomic E-state index is -1.76. The van der Waals surface area contributed by atoms with Crippen LogP contribution in [0, 0.1) is 11.8 Å². The Kier molecular flexibility index (Phi) is 9.45. The lowest BCUT2D eigenvalue weighted by Gasteiger charge is -2.37. The number of amides is 1. The van der Waals surface area contributed by atoms with Gasteiger partial charge in [0.25, 0.3) is 0 Å². The molecule has 5 heteroatoms. The molecule has 0 saturated heterocycles. The molecule has 0 rings (SSSR count). The third-order valence-corrected chi connectivity index (χ3v) is 9.00. The van der Waals surface area contributed by atoms with Gasteiger partial charge in [-0.2, -0.15) is 0 Å². The zero-order valence-corrected chi connectivity index (χ0v) is 15.3. The van der Waals surface area contributed by atoms with Gasteiger partial charge in [-0.15, -0.1) is 0 Å². The first-order valence-electron chi connectivity index (χ1n) is 7.88. The van der Waals surface area contributed by atoms with Crippen molar-refractivity contribution in [1.29, 1.82) is 0 Å². The first-order chi connectivity index (χ1) is 9.89. The zero-order valence-electron chi connectivity index (χ0n) is 14.3. The fraction of sp³-hybridized carbons (Fsp3) is 0.750. The maximum atomic E-state index is 11.2. The first kappa shape index (κ1) is 20.1. The van der Waals surface area contributed by atoms with Crippen molar-refractivity contribution in [2.45, 2.75) is 58.9 Å². The van der Waals surface area contributed by atoms with Crippen LogP contribution in [-0.2, 0) is 14.0 Å². The van der Waals surface area contributed by atoms with Crippen LogP contribution in [0.4, 0.5) is 0 Å². The molecule has 0 fully saturated rings. The highest BCUT2D eigenvalue weighted by atomic mass is 28.4. The van der Waals surface area contributed by atoms with Crippen molar-refractivity contribution in [3.63, 3.8) is 0 Å². The second-order valence-corrected chi connectivity index (χ2v) is 10.5. The quantitative estimate of drug-likeness (QED) is 0.433. The fourth-order valence-electron chi connectivity index (χ4n) is 2.48. The lowest BCUT2D eigenvalue weighted by atomic mass is 9.94. The lowest BCUT2D eigenvalue weighted by molar-refractivity contribution is -0.115. The zero-order chi connectivity index (χ0) is 16.5. The average molecular weight is 314 g/mol. The molecule has 0 aliphatic rings. The van der Waals surface area contributed by atoms with E-state index in [1.54, 1.807) is 13.2 Å². The molecule has 0 spiro atoms. The van der Waals surface area contributed by atoms with Crippen LogP contribution in [-0.4, -0.2) is 39.1 Å². The summed E-state index contributed by atoms with van der Waals surface area (Å²) in [6.45, 7) is 10.5.